The molecule has 0 nitrogen and oxygen atoms in total. The average Bonchev–Trinajstić information content (AvgIpc) is 2.29. The van der Waals surface area contributed by atoms with Gasteiger partial charge in [-0.15, -0.1) is 12.6 Å². The summed E-state index contributed by atoms with van der Waals surface area (Å²) in [5.74, 6) is 0. The lowest BCUT2D eigenvalue weighted by atomic mass is 9.88. The molecule has 0 heterocycles. The Morgan fingerprint density at radius 1 is 0.407 bits per heavy atom. The van der Waals surface area contributed by atoms with Gasteiger partial charge < -0.3 is 0 Å². The van der Waals surface area contributed by atoms with Crippen molar-refractivity contribution in [2.45, 2.75) is 42.2 Å². The first-order valence-electron chi connectivity index (χ1n) is 5.44. The Kier molecular flexibility index (Phi) is 6.20. The fourth-order valence-corrected chi connectivity index (χ4v) is 2.07. The van der Waals surface area contributed by atoms with Gasteiger partial charge in [0.25, 0.3) is 0 Å². The van der Waals surface area contributed by atoms with E-state index < -0.39 is 52.7 Å². The molecule has 0 aliphatic heterocycles. The summed E-state index contributed by atoms with van der Waals surface area (Å²) < 4.78 is 213. The van der Waals surface area contributed by atoms with E-state index in [1.807, 2.05) is 0 Å². The molecule has 162 valence electrons. The van der Waals surface area contributed by atoms with Gasteiger partial charge in [-0.3, -0.25) is 0 Å². The predicted octanol–water partition coefficient (Wildman–Crippen LogP) is 6.40. The molecule has 0 aromatic carbocycles. The van der Waals surface area contributed by atoms with Gasteiger partial charge in [0.15, 0.2) is 0 Å². The Morgan fingerprint density at radius 3 is 0.778 bits per heavy atom. The van der Waals surface area contributed by atoms with Crippen molar-refractivity contribution in [1.82, 2.24) is 0 Å². The van der Waals surface area contributed by atoms with E-state index in [2.05, 4.69) is 0 Å². The molecule has 0 aromatic rings. The smallest absolute Gasteiger partial charge is 0.218 e. The topological polar surface area (TPSA) is 0 Å². The maximum absolute atomic E-state index is 13.5. The van der Waals surface area contributed by atoms with Crippen LogP contribution in [0.5, 0.6) is 0 Å². The van der Waals surface area contributed by atoms with Gasteiger partial charge in [0.05, 0.1) is 0 Å². The molecule has 0 bridgehead atoms. The molecule has 0 spiro atoms. The molecule has 0 unspecified atom stereocenters. The summed E-state index contributed by atoms with van der Waals surface area (Å²) in [6.07, 6.45) is -38.3. The summed E-state index contributed by atoms with van der Waals surface area (Å²) in [5, 5.41) is 0. The molecule has 0 N–H and O–H groups in total. The number of thiol groups is 1. The van der Waals surface area contributed by atoms with Crippen molar-refractivity contribution in [3.63, 3.8) is 0 Å². The van der Waals surface area contributed by atoms with E-state index in [-0.39, 0.29) is 0 Å². The Hall–Kier alpha value is -1.10. The molecular weight excluding hydrogens is 463 g/mol. The molecule has 0 saturated carbocycles. The second-order valence-corrected chi connectivity index (χ2v) is 4.98. The minimum absolute atomic E-state index is 1.65. The molecule has 0 aromatic heterocycles. The van der Waals surface area contributed by atoms with E-state index in [0.717, 1.165) is 0 Å². The van der Waals surface area contributed by atoms with Crippen LogP contribution in [0.3, 0.4) is 0 Å². The van der Waals surface area contributed by atoms with E-state index in [0.29, 0.717) is 0 Å². The van der Waals surface area contributed by atoms with Crippen LogP contribution in [0.25, 0.3) is 0 Å². The maximum atomic E-state index is 13.5. The molecule has 0 saturated heterocycles. The van der Waals surface area contributed by atoms with Gasteiger partial charge in [0.1, 0.15) is 5.57 Å². The Bertz CT molecular complexity index is 550. The molecule has 0 aliphatic rings. The fraction of sp³-hybridized carbons (Fsp3) is 0.778. The number of hydrogen-bond acceptors (Lipinski definition) is 1. The number of hydrogen-bond donors (Lipinski definition) is 1. The van der Waals surface area contributed by atoms with Crippen LogP contribution >= 0.6 is 12.6 Å². The van der Waals surface area contributed by atoms with Crippen molar-refractivity contribution >= 4 is 12.6 Å². The second-order valence-electron chi connectivity index (χ2n) is 4.53. The van der Waals surface area contributed by atoms with E-state index in [1.54, 1.807) is 12.6 Å². The van der Waals surface area contributed by atoms with Crippen molar-refractivity contribution in [3.8, 4) is 0 Å². The maximum Gasteiger partial charge on any atom is 0.436 e. The third-order valence-electron chi connectivity index (χ3n) is 2.75. The first kappa shape index (κ1) is 25.9. The van der Waals surface area contributed by atoms with Gasteiger partial charge in [0, 0.05) is 4.91 Å². The minimum Gasteiger partial charge on any atom is -0.218 e. The zero-order chi connectivity index (χ0) is 22.7. The zero-order valence-electron chi connectivity index (χ0n) is 11.4. The number of alkyl halides is 17. The van der Waals surface area contributed by atoms with Gasteiger partial charge in [-0.2, -0.15) is 65.9 Å². The highest BCUT2D eigenvalue weighted by Crippen LogP contribution is 2.60. The SMILES string of the molecule is FC(F)(F)/C(=C(/S)C(F)(C(F)(F)F)C(F)(F)F)C(F)(C(F)(F)F)C(F)(F)F. The normalized spacial score (nSPS) is 17.1. The standard InChI is InChI=1S/C9HF17S/c10-3(6(15,16)17,7(18,19)20)1(5(12,13)14)2(27)4(11,8(21,22)23)9(24,25)26/h27H/b2-1+. The summed E-state index contributed by atoms with van der Waals surface area (Å²) >= 11 is 1.65. The van der Waals surface area contributed by atoms with Crippen LogP contribution < -0.4 is 0 Å². The van der Waals surface area contributed by atoms with Gasteiger partial charge >= 0.3 is 42.2 Å². The highest BCUT2D eigenvalue weighted by Gasteiger charge is 2.82. The molecule has 0 rings (SSSR count). The van der Waals surface area contributed by atoms with Gasteiger partial charge in [-0.05, 0) is 0 Å². The Balaban J connectivity index is 7.64. The van der Waals surface area contributed by atoms with Crippen molar-refractivity contribution in [2.75, 3.05) is 0 Å². The molecule has 0 atom stereocenters. The van der Waals surface area contributed by atoms with Crippen molar-refractivity contribution < 1.29 is 74.6 Å². The van der Waals surface area contributed by atoms with Crippen LogP contribution in [-0.4, -0.2) is 42.2 Å². The first-order chi connectivity index (χ1) is 11.3. The average molecular weight is 464 g/mol. The Labute approximate surface area is 141 Å². The summed E-state index contributed by atoms with van der Waals surface area (Å²) in [5.41, 5.74) is -20.6. The predicted molar refractivity (Wildman–Crippen MR) is 54.0 cm³/mol. The minimum atomic E-state index is -7.87. The van der Waals surface area contributed by atoms with Crippen molar-refractivity contribution in [3.05, 3.63) is 10.5 Å². The molecule has 0 radical (unpaired) electrons. The molecular formula is C9HF17S. The lowest BCUT2D eigenvalue weighted by Crippen LogP contribution is -2.61. The van der Waals surface area contributed by atoms with E-state index in [9.17, 15) is 74.6 Å². The van der Waals surface area contributed by atoms with Crippen LogP contribution in [0.2, 0.25) is 0 Å². The molecule has 27 heavy (non-hydrogen) atoms. The molecule has 0 amide bonds. The molecule has 0 fully saturated rings. The van der Waals surface area contributed by atoms with Gasteiger partial charge in [0.2, 0.25) is 0 Å². The van der Waals surface area contributed by atoms with E-state index >= 15 is 0 Å². The summed E-state index contributed by atoms with van der Waals surface area (Å²) in [4.78, 5) is -4.56. The lowest BCUT2D eigenvalue weighted by molar-refractivity contribution is -0.343. The third kappa shape index (κ3) is 4.03. The fourth-order valence-electron chi connectivity index (χ4n) is 1.54. The second kappa shape index (κ2) is 6.47. The first-order valence-corrected chi connectivity index (χ1v) is 5.88. The van der Waals surface area contributed by atoms with E-state index in [1.165, 1.54) is 0 Å². The zero-order valence-corrected chi connectivity index (χ0v) is 12.3. The van der Waals surface area contributed by atoms with Gasteiger partial charge in [-0.1, -0.05) is 0 Å². The summed E-state index contributed by atoms with van der Waals surface area (Å²) in [7, 11) is 0. The van der Waals surface area contributed by atoms with Crippen LogP contribution in [0.4, 0.5) is 74.6 Å². The van der Waals surface area contributed by atoms with Crippen LogP contribution in [0, 0.1) is 0 Å². The Morgan fingerprint density at radius 2 is 0.630 bits per heavy atom. The summed E-state index contributed by atoms with van der Waals surface area (Å²) in [6, 6.07) is 0. The molecule has 18 heteroatoms. The van der Waals surface area contributed by atoms with Crippen LogP contribution in [-0.2, 0) is 0 Å². The summed E-state index contributed by atoms with van der Waals surface area (Å²) in [6.45, 7) is 0. The molecule has 0 aliphatic carbocycles. The quantitative estimate of drug-likeness (QED) is 0.355. The van der Waals surface area contributed by atoms with Crippen LogP contribution in [0.15, 0.2) is 10.5 Å². The van der Waals surface area contributed by atoms with E-state index in [4.69, 9.17) is 0 Å². The van der Waals surface area contributed by atoms with Crippen LogP contribution in [0.1, 0.15) is 0 Å². The van der Waals surface area contributed by atoms with Crippen molar-refractivity contribution in [1.29, 1.82) is 0 Å². The number of rotatable bonds is 2. The lowest BCUT2D eigenvalue weighted by Gasteiger charge is -2.37. The highest BCUT2D eigenvalue weighted by molar-refractivity contribution is 7.84. The van der Waals surface area contributed by atoms with Crippen molar-refractivity contribution in [2.24, 2.45) is 0 Å². The highest BCUT2D eigenvalue weighted by atomic mass is 32.1. The van der Waals surface area contributed by atoms with Gasteiger partial charge in [-0.25, -0.2) is 8.78 Å². The third-order valence-corrected chi connectivity index (χ3v) is 3.29. The number of halogens is 17. The monoisotopic (exact) mass is 464 g/mol. The largest absolute Gasteiger partial charge is 0.436 e. The number of allylic oxidation sites excluding steroid dienone is 2.